The monoisotopic (exact) mass is 299 g/mol. The van der Waals surface area contributed by atoms with Crippen LogP contribution in [0, 0.1) is 0 Å². The summed E-state index contributed by atoms with van der Waals surface area (Å²) in [6, 6.07) is 0. The van der Waals surface area contributed by atoms with Gasteiger partial charge in [-0.1, -0.05) is 22.7 Å². The van der Waals surface area contributed by atoms with Crippen molar-refractivity contribution < 1.29 is 4.74 Å². The van der Waals surface area contributed by atoms with Gasteiger partial charge in [0.05, 0.1) is 17.2 Å². The van der Waals surface area contributed by atoms with Crippen LogP contribution < -0.4 is 10.6 Å². The van der Waals surface area contributed by atoms with Gasteiger partial charge < -0.3 is 15.4 Å². The maximum absolute atomic E-state index is 5.65. The number of thiazole rings is 1. The minimum atomic E-state index is 0.465. The zero-order valence-electron chi connectivity index (χ0n) is 11.2. The van der Waals surface area contributed by atoms with Gasteiger partial charge in [0.2, 0.25) is 5.13 Å². The first kappa shape index (κ1) is 14.2. The number of nitrogen functional groups attached to an aromatic ring is 1. The molecule has 2 rings (SSSR count). The molecule has 8 heteroatoms. The van der Waals surface area contributed by atoms with Crippen molar-refractivity contribution in [3.8, 4) is 9.88 Å². The summed E-state index contributed by atoms with van der Waals surface area (Å²) in [5, 5.41) is 10.2. The van der Waals surface area contributed by atoms with Crippen molar-refractivity contribution in [1.82, 2.24) is 15.2 Å². The number of anilines is 2. The first-order chi connectivity index (χ1) is 9.19. The Morgan fingerprint density at radius 2 is 1.95 bits per heavy atom. The van der Waals surface area contributed by atoms with E-state index in [0.29, 0.717) is 11.7 Å². The molecule has 6 nitrogen and oxygen atoms in total. The van der Waals surface area contributed by atoms with Crippen molar-refractivity contribution in [2.45, 2.75) is 20.5 Å². The lowest BCUT2D eigenvalue weighted by Gasteiger charge is -2.16. The molecule has 2 heterocycles. The highest BCUT2D eigenvalue weighted by molar-refractivity contribution is 7.25. The molecule has 0 unspecified atom stereocenters. The normalized spacial score (nSPS) is 10.9. The lowest BCUT2D eigenvalue weighted by molar-refractivity contribution is 0.182. The second-order valence-corrected chi connectivity index (χ2v) is 5.81. The van der Waals surface area contributed by atoms with Gasteiger partial charge in [-0.25, -0.2) is 4.98 Å². The summed E-state index contributed by atoms with van der Waals surface area (Å²) in [6.45, 7) is 6.54. The van der Waals surface area contributed by atoms with Crippen LogP contribution in [0.3, 0.4) is 0 Å². The molecule has 0 spiro atoms. The molecular formula is C11H17N5OS2. The SMILES string of the molecule is CCN(CC)c1nc(COC)c(-c2nnc(N)s2)s1. The van der Waals surface area contributed by atoms with E-state index in [-0.39, 0.29) is 0 Å². The van der Waals surface area contributed by atoms with Crippen LogP contribution in [0.25, 0.3) is 9.88 Å². The fraction of sp³-hybridized carbons (Fsp3) is 0.545. The fourth-order valence-corrected chi connectivity index (χ4v) is 3.59. The van der Waals surface area contributed by atoms with Gasteiger partial charge in [0.1, 0.15) is 0 Å². The summed E-state index contributed by atoms with van der Waals surface area (Å²) < 4.78 is 5.21. The Balaban J connectivity index is 2.40. The van der Waals surface area contributed by atoms with E-state index in [2.05, 4.69) is 33.9 Å². The molecule has 0 aliphatic carbocycles. The minimum absolute atomic E-state index is 0.465. The van der Waals surface area contributed by atoms with E-state index in [4.69, 9.17) is 10.5 Å². The Labute approximate surface area is 120 Å². The van der Waals surface area contributed by atoms with Crippen LogP contribution in [-0.2, 0) is 11.3 Å². The average molecular weight is 299 g/mol. The van der Waals surface area contributed by atoms with Crippen molar-refractivity contribution in [1.29, 1.82) is 0 Å². The summed E-state index contributed by atoms with van der Waals surface area (Å²) >= 11 is 2.98. The maximum atomic E-state index is 5.65. The average Bonchev–Trinajstić information content (AvgIpc) is 2.98. The minimum Gasteiger partial charge on any atom is -0.378 e. The van der Waals surface area contributed by atoms with Crippen LogP contribution in [0.15, 0.2) is 0 Å². The molecule has 0 aliphatic heterocycles. The summed E-state index contributed by atoms with van der Waals surface area (Å²) in [6.07, 6.45) is 0. The second-order valence-electron chi connectivity index (χ2n) is 3.82. The van der Waals surface area contributed by atoms with Crippen LogP contribution in [0.5, 0.6) is 0 Å². The lowest BCUT2D eigenvalue weighted by atomic mass is 10.4. The van der Waals surface area contributed by atoms with Gasteiger partial charge in [-0.15, -0.1) is 10.2 Å². The highest BCUT2D eigenvalue weighted by atomic mass is 32.1. The Morgan fingerprint density at radius 3 is 2.47 bits per heavy atom. The van der Waals surface area contributed by atoms with Crippen LogP contribution in [0.1, 0.15) is 19.5 Å². The van der Waals surface area contributed by atoms with E-state index in [0.717, 1.165) is 33.8 Å². The molecule has 2 aromatic rings. The van der Waals surface area contributed by atoms with Crippen LogP contribution in [-0.4, -0.2) is 35.4 Å². The summed E-state index contributed by atoms with van der Waals surface area (Å²) in [4.78, 5) is 7.85. The molecule has 0 saturated carbocycles. The first-order valence-corrected chi connectivity index (χ1v) is 7.65. The van der Waals surface area contributed by atoms with E-state index < -0.39 is 0 Å². The van der Waals surface area contributed by atoms with Crippen LogP contribution >= 0.6 is 22.7 Å². The summed E-state index contributed by atoms with van der Waals surface area (Å²) in [5.74, 6) is 0. The number of nitrogens with two attached hydrogens (primary N) is 1. The predicted molar refractivity (Wildman–Crippen MR) is 79.7 cm³/mol. The van der Waals surface area contributed by atoms with Crippen molar-refractivity contribution in [3.05, 3.63) is 5.69 Å². The number of aromatic nitrogens is 3. The highest BCUT2D eigenvalue weighted by Crippen LogP contribution is 2.37. The number of hydrogen-bond acceptors (Lipinski definition) is 8. The van der Waals surface area contributed by atoms with Gasteiger partial charge >= 0.3 is 0 Å². The molecule has 0 atom stereocenters. The molecule has 0 amide bonds. The molecule has 0 fully saturated rings. The largest absolute Gasteiger partial charge is 0.378 e. The molecule has 0 bridgehead atoms. The Bertz CT molecular complexity index is 535. The van der Waals surface area contributed by atoms with Gasteiger partial charge in [-0.3, -0.25) is 0 Å². The number of hydrogen-bond donors (Lipinski definition) is 1. The van der Waals surface area contributed by atoms with Crippen molar-refractivity contribution in [3.63, 3.8) is 0 Å². The zero-order chi connectivity index (χ0) is 13.8. The third kappa shape index (κ3) is 3.02. The summed E-state index contributed by atoms with van der Waals surface area (Å²) in [7, 11) is 1.66. The third-order valence-corrected chi connectivity index (χ3v) is 4.70. The number of methoxy groups -OCH3 is 1. The molecule has 2 N–H and O–H groups in total. The van der Waals surface area contributed by atoms with Crippen LogP contribution in [0.4, 0.5) is 10.3 Å². The smallest absolute Gasteiger partial charge is 0.203 e. The number of nitrogens with zero attached hydrogens (tertiary/aromatic N) is 4. The quantitative estimate of drug-likeness (QED) is 0.881. The molecule has 0 saturated heterocycles. The summed E-state index contributed by atoms with van der Waals surface area (Å²) in [5.41, 5.74) is 6.54. The fourth-order valence-electron chi connectivity index (χ4n) is 1.70. The van der Waals surface area contributed by atoms with E-state index in [1.54, 1.807) is 18.4 Å². The van der Waals surface area contributed by atoms with Gasteiger partial charge in [-0.2, -0.15) is 0 Å². The second kappa shape index (κ2) is 6.27. The van der Waals surface area contributed by atoms with E-state index in [1.165, 1.54) is 11.3 Å². The third-order valence-electron chi connectivity index (χ3n) is 2.64. The van der Waals surface area contributed by atoms with Gasteiger partial charge in [0.25, 0.3) is 0 Å². The topological polar surface area (TPSA) is 77.2 Å². The number of ether oxygens (including phenoxy) is 1. The van der Waals surface area contributed by atoms with Gasteiger partial charge in [-0.05, 0) is 13.8 Å². The molecule has 0 aliphatic rings. The van der Waals surface area contributed by atoms with Crippen molar-refractivity contribution >= 4 is 32.9 Å². The predicted octanol–water partition coefficient (Wildman–Crippen LogP) is 2.24. The van der Waals surface area contributed by atoms with Gasteiger partial charge in [0, 0.05) is 20.2 Å². The zero-order valence-corrected chi connectivity index (χ0v) is 12.8. The molecule has 2 aromatic heterocycles. The van der Waals surface area contributed by atoms with Crippen molar-refractivity contribution in [2.75, 3.05) is 30.8 Å². The van der Waals surface area contributed by atoms with Crippen LogP contribution in [0.2, 0.25) is 0 Å². The molecular weight excluding hydrogens is 282 g/mol. The maximum Gasteiger partial charge on any atom is 0.203 e. The number of rotatable bonds is 6. The lowest BCUT2D eigenvalue weighted by Crippen LogP contribution is -2.21. The Hall–Kier alpha value is -1.25. The molecule has 0 aromatic carbocycles. The Morgan fingerprint density at radius 1 is 1.21 bits per heavy atom. The first-order valence-electron chi connectivity index (χ1n) is 6.02. The molecule has 104 valence electrons. The van der Waals surface area contributed by atoms with Crippen molar-refractivity contribution in [2.24, 2.45) is 0 Å². The Kier molecular flexibility index (Phi) is 4.67. The van der Waals surface area contributed by atoms with E-state index >= 15 is 0 Å². The molecule has 0 radical (unpaired) electrons. The molecule has 19 heavy (non-hydrogen) atoms. The highest BCUT2D eigenvalue weighted by Gasteiger charge is 2.18. The van der Waals surface area contributed by atoms with E-state index in [9.17, 15) is 0 Å². The van der Waals surface area contributed by atoms with Gasteiger partial charge in [0.15, 0.2) is 10.1 Å². The standard InChI is InChI=1S/C11H17N5OS2/c1-4-16(5-2)11-13-7(6-17-3)8(18-11)9-14-15-10(12)19-9/h4-6H2,1-3H3,(H2,12,15). The van der Waals surface area contributed by atoms with E-state index in [1.807, 2.05) is 0 Å².